The maximum atomic E-state index is 10.4. The summed E-state index contributed by atoms with van der Waals surface area (Å²) >= 11 is 5.30. The minimum absolute atomic E-state index is 0.176. The molecule has 140 valence electrons. The van der Waals surface area contributed by atoms with Crippen LogP contribution < -0.4 is 4.90 Å². The molecule has 0 saturated heterocycles. The summed E-state index contributed by atoms with van der Waals surface area (Å²) < 4.78 is 1.94. The van der Waals surface area contributed by atoms with Crippen molar-refractivity contribution in [2.24, 2.45) is 5.10 Å². The largest absolute Gasteiger partial charge is 0.507 e. The van der Waals surface area contributed by atoms with Crippen molar-refractivity contribution in [3.63, 3.8) is 0 Å². The highest BCUT2D eigenvalue weighted by Crippen LogP contribution is 2.24. The third-order valence-electron chi connectivity index (χ3n) is 4.42. The van der Waals surface area contributed by atoms with Gasteiger partial charge < -0.3 is 10.0 Å². The van der Waals surface area contributed by atoms with Gasteiger partial charge in [-0.1, -0.05) is 29.8 Å². The zero-order chi connectivity index (χ0) is 19.4. The van der Waals surface area contributed by atoms with Crippen LogP contribution in [0.1, 0.15) is 25.0 Å². The van der Waals surface area contributed by atoms with Gasteiger partial charge >= 0.3 is 0 Å². The number of benzene rings is 2. The van der Waals surface area contributed by atoms with Crippen molar-refractivity contribution in [1.82, 2.24) is 14.9 Å². The Balaban J connectivity index is 1.92. The summed E-state index contributed by atoms with van der Waals surface area (Å²) in [7, 11) is 0. The van der Waals surface area contributed by atoms with Gasteiger partial charge in [0.05, 0.1) is 6.21 Å². The molecule has 0 aliphatic heterocycles. The summed E-state index contributed by atoms with van der Waals surface area (Å²) in [6.45, 7) is 7.97. The van der Waals surface area contributed by atoms with Crippen LogP contribution in [-0.4, -0.2) is 39.3 Å². The Kier molecular flexibility index (Phi) is 5.71. The molecule has 0 atom stereocenters. The summed E-state index contributed by atoms with van der Waals surface area (Å²) in [5, 5.41) is 21.8. The van der Waals surface area contributed by atoms with Crippen LogP contribution in [0.2, 0.25) is 0 Å². The molecule has 3 aromatic rings. The van der Waals surface area contributed by atoms with E-state index in [1.807, 2.05) is 43.3 Å². The highest BCUT2D eigenvalue weighted by atomic mass is 32.1. The molecule has 0 saturated carbocycles. The van der Waals surface area contributed by atoms with Gasteiger partial charge in [0.25, 0.3) is 0 Å². The molecular formula is C20H23N5OS. The zero-order valence-electron chi connectivity index (χ0n) is 15.7. The second-order valence-corrected chi connectivity index (χ2v) is 6.58. The molecule has 6 nitrogen and oxygen atoms in total. The van der Waals surface area contributed by atoms with Crippen LogP contribution in [0.3, 0.4) is 0 Å². The quantitative estimate of drug-likeness (QED) is 0.492. The standard InChI is InChI=1S/C20H23N5OS/c1-4-24(5-2)17-11-10-16(18(26)12-17)13-21-25-19(22-23-20(25)27)15-8-6-14(3)7-9-15/h6-13,26H,4-5H2,1-3H3,(H,23,27)/b21-13-. The molecule has 3 rings (SSSR count). The Bertz CT molecular complexity index is 1000. The average molecular weight is 382 g/mol. The molecule has 1 heterocycles. The lowest BCUT2D eigenvalue weighted by molar-refractivity contribution is 0.474. The molecule has 1 aromatic heterocycles. The number of H-pyrrole nitrogens is 1. The number of nitrogens with one attached hydrogen (secondary N) is 1. The fourth-order valence-electron chi connectivity index (χ4n) is 2.83. The molecule has 0 unspecified atom stereocenters. The number of phenolic OH excluding ortho intramolecular Hbond substituents is 1. The van der Waals surface area contributed by atoms with Gasteiger partial charge in [-0.25, -0.2) is 5.10 Å². The van der Waals surface area contributed by atoms with E-state index in [1.54, 1.807) is 17.0 Å². The topological polar surface area (TPSA) is 69.4 Å². The van der Waals surface area contributed by atoms with Gasteiger partial charge in [0.15, 0.2) is 5.82 Å². The summed E-state index contributed by atoms with van der Waals surface area (Å²) in [6.07, 6.45) is 1.59. The number of nitrogens with zero attached hydrogens (tertiary/aromatic N) is 4. The van der Waals surface area contributed by atoms with Gasteiger partial charge in [0.1, 0.15) is 5.75 Å². The Morgan fingerprint density at radius 1 is 1.19 bits per heavy atom. The molecule has 2 aromatic carbocycles. The Hall–Kier alpha value is -2.93. The minimum Gasteiger partial charge on any atom is -0.507 e. The number of phenols is 1. The first-order valence-corrected chi connectivity index (χ1v) is 9.31. The molecule has 0 fully saturated rings. The molecule has 27 heavy (non-hydrogen) atoms. The Morgan fingerprint density at radius 3 is 2.52 bits per heavy atom. The van der Waals surface area contributed by atoms with Crippen molar-refractivity contribution < 1.29 is 5.11 Å². The van der Waals surface area contributed by atoms with Crippen LogP contribution in [0.25, 0.3) is 11.4 Å². The number of hydrogen-bond acceptors (Lipinski definition) is 5. The van der Waals surface area contributed by atoms with Crippen LogP contribution in [0, 0.1) is 11.7 Å². The van der Waals surface area contributed by atoms with Crippen molar-refractivity contribution in [1.29, 1.82) is 0 Å². The van der Waals surface area contributed by atoms with E-state index in [4.69, 9.17) is 12.2 Å². The van der Waals surface area contributed by atoms with Gasteiger partial charge in [0, 0.05) is 36.0 Å². The number of aromatic nitrogens is 3. The third-order valence-corrected chi connectivity index (χ3v) is 4.68. The lowest BCUT2D eigenvalue weighted by Gasteiger charge is -2.21. The lowest BCUT2D eigenvalue weighted by Crippen LogP contribution is -2.21. The number of aromatic hydroxyl groups is 1. The van der Waals surface area contributed by atoms with Crippen molar-refractivity contribution in [3.05, 3.63) is 58.4 Å². The second-order valence-electron chi connectivity index (χ2n) is 6.19. The molecule has 0 aliphatic rings. The molecule has 0 spiro atoms. The zero-order valence-corrected chi connectivity index (χ0v) is 16.5. The van der Waals surface area contributed by atoms with Gasteiger partial charge in [-0.15, -0.1) is 0 Å². The lowest BCUT2D eigenvalue weighted by atomic mass is 10.1. The van der Waals surface area contributed by atoms with Crippen LogP contribution in [0.15, 0.2) is 47.6 Å². The number of rotatable bonds is 6. The van der Waals surface area contributed by atoms with Gasteiger partial charge in [-0.3, -0.25) is 0 Å². The predicted molar refractivity (Wildman–Crippen MR) is 112 cm³/mol. The highest BCUT2D eigenvalue weighted by molar-refractivity contribution is 7.71. The fourth-order valence-corrected chi connectivity index (χ4v) is 3.01. The minimum atomic E-state index is 0.176. The van der Waals surface area contributed by atoms with Gasteiger partial charge in [-0.05, 0) is 45.1 Å². The highest BCUT2D eigenvalue weighted by Gasteiger charge is 2.09. The molecule has 0 amide bonds. The van der Waals surface area contributed by atoms with E-state index in [2.05, 4.69) is 34.0 Å². The van der Waals surface area contributed by atoms with E-state index in [-0.39, 0.29) is 5.75 Å². The van der Waals surface area contributed by atoms with Crippen LogP contribution in [0.4, 0.5) is 5.69 Å². The van der Waals surface area contributed by atoms with E-state index in [9.17, 15) is 5.11 Å². The molecule has 2 N–H and O–H groups in total. The molecule has 0 radical (unpaired) electrons. The molecular weight excluding hydrogens is 358 g/mol. The summed E-state index contributed by atoms with van der Waals surface area (Å²) in [5.74, 6) is 0.797. The second kappa shape index (κ2) is 8.18. The van der Waals surface area contributed by atoms with Crippen LogP contribution in [0.5, 0.6) is 5.75 Å². The first-order chi connectivity index (χ1) is 13.0. The number of anilines is 1. The van der Waals surface area contributed by atoms with Crippen molar-refractivity contribution in [2.75, 3.05) is 18.0 Å². The van der Waals surface area contributed by atoms with Crippen molar-refractivity contribution in [3.8, 4) is 17.1 Å². The van der Waals surface area contributed by atoms with Gasteiger partial charge in [0.2, 0.25) is 4.77 Å². The third kappa shape index (κ3) is 4.09. The smallest absolute Gasteiger partial charge is 0.216 e. The van der Waals surface area contributed by atoms with E-state index in [1.165, 1.54) is 5.56 Å². The predicted octanol–water partition coefficient (Wildman–Crippen LogP) is 4.35. The summed E-state index contributed by atoms with van der Waals surface area (Å²) in [5.41, 5.74) is 3.67. The Morgan fingerprint density at radius 2 is 1.89 bits per heavy atom. The van der Waals surface area contributed by atoms with E-state index in [0.717, 1.165) is 24.3 Å². The van der Waals surface area contributed by atoms with Gasteiger partial charge in [-0.2, -0.15) is 14.9 Å². The SMILES string of the molecule is CCN(CC)c1ccc(/C=N\n2c(-c3ccc(C)cc3)n[nH]c2=S)c(O)c1. The number of aryl methyl sites for hydroxylation is 1. The van der Waals surface area contributed by atoms with Crippen LogP contribution in [-0.2, 0) is 0 Å². The number of aromatic amines is 1. The van der Waals surface area contributed by atoms with E-state index in [0.29, 0.717) is 16.2 Å². The van der Waals surface area contributed by atoms with E-state index < -0.39 is 0 Å². The number of hydrogen-bond donors (Lipinski definition) is 2. The fraction of sp³-hybridized carbons (Fsp3) is 0.250. The van der Waals surface area contributed by atoms with Crippen molar-refractivity contribution >= 4 is 24.1 Å². The monoisotopic (exact) mass is 381 g/mol. The summed E-state index contributed by atoms with van der Waals surface area (Å²) in [4.78, 5) is 2.17. The first kappa shape index (κ1) is 18.8. The summed E-state index contributed by atoms with van der Waals surface area (Å²) in [6, 6.07) is 13.6. The maximum absolute atomic E-state index is 10.4. The molecule has 0 aliphatic carbocycles. The maximum Gasteiger partial charge on any atom is 0.216 e. The van der Waals surface area contributed by atoms with Crippen LogP contribution >= 0.6 is 12.2 Å². The van der Waals surface area contributed by atoms with Crippen molar-refractivity contribution in [2.45, 2.75) is 20.8 Å². The molecule has 0 bridgehead atoms. The molecule has 7 heteroatoms. The normalized spacial score (nSPS) is 11.2. The first-order valence-electron chi connectivity index (χ1n) is 8.90. The van der Waals surface area contributed by atoms with E-state index >= 15 is 0 Å². The Labute approximate surface area is 163 Å². The average Bonchev–Trinajstić information content (AvgIpc) is 3.03.